The molecule has 0 aromatic rings. The predicted molar refractivity (Wildman–Crippen MR) is 75.7 cm³/mol. The SMILES string of the molecule is COC(=O)/C=C/CC(C)[C@H](NC(=O)OC(C)(C)C)C(=O)O. The van der Waals surface area contributed by atoms with Crippen LogP contribution in [0.1, 0.15) is 34.1 Å². The molecule has 0 spiro atoms. The second kappa shape index (κ2) is 8.28. The average Bonchev–Trinajstić information content (AvgIpc) is 2.32. The first-order valence-corrected chi connectivity index (χ1v) is 6.53. The van der Waals surface area contributed by atoms with Gasteiger partial charge in [0, 0.05) is 6.08 Å². The zero-order valence-corrected chi connectivity index (χ0v) is 13.0. The molecule has 0 aliphatic heterocycles. The van der Waals surface area contributed by atoms with Crippen LogP contribution in [-0.2, 0) is 19.1 Å². The molecule has 21 heavy (non-hydrogen) atoms. The van der Waals surface area contributed by atoms with E-state index in [2.05, 4.69) is 10.1 Å². The fourth-order valence-electron chi connectivity index (χ4n) is 1.46. The van der Waals surface area contributed by atoms with Gasteiger partial charge in [0.15, 0.2) is 0 Å². The van der Waals surface area contributed by atoms with Gasteiger partial charge in [0.05, 0.1) is 7.11 Å². The minimum absolute atomic E-state index is 0.294. The number of aliphatic carboxylic acids is 1. The fraction of sp³-hybridized carbons (Fsp3) is 0.643. The number of carboxylic acids is 1. The summed E-state index contributed by atoms with van der Waals surface area (Å²) in [6.45, 7) is 6.71. The largest absolute Gasteiger partial charge is 0.480 e. The van der Waals surface area contributed by atoms with Gasteiger partial charge in [0.2, 0.25) is 0 Å². The van der Waals surface area contributed by atoms with Gasteiger partial charge in [-0.1, -0.05) is 13.0 Å². The maximum absolute atomic E-state index is 11.6. The molecule has 7 heteroatoms. The average molecular weight is 301 g/mol. The van der Waals surface area contributed by atoms with Crippen molar-refractivity contribution in [1.82, 2.24) is 5.32 Å². The molecule has 1 amide bonds. The monoisotopic (exact) mass is 301 g/mol. The molecule has 2 atom stereocenters. The Morgan fingerprint density at radius 2 is 1.86 bits per heavy atom. The first kappa shape index (κ1) is 18.9. The van der Waals surface area contributed by atoms with E-state index in [1.54, 1.807) is 27.7 Å². The van der Waals surface area contributed by atoms with Gasteiger partial charge in [0.1, 0.15) is 11.6 Å². The summed E-state index contributed by atoms with van der Waals surface area (Å²) in [6.07, 6.45) is 2.22. The van der Waals surface area contributed by atoms with E-state index < -0.39 is 35.6 Å². The van der Waals surface area contributed by atoms with E-state index in [1.807, 2.05) is 0 Å². The Hall–Kier alpha value is -2.05. The quantitative estimate of drug-likeness (QED) is 0.572. The third-order valence-electron chi connectivity index (χ3n) is 2.47. The molecule has 0 heterocycles. The van der Waals surface area contributed by atoms with Crippen LogP contribution < -0.4 is 5.32 Å². The van der Waals surface area contributed by atoms with E-state index in [1.165, 1.54) is 19.3 Å². The third-order valence-corrected chi connectivity index (χ3v) is 2.47. The van der Waals surface area contributed by atoms with Crippen molar-refractivity contribution in [3.05, 3.63) is 12.2 Å². The number of amides is 1. The van der Waals surface area contributed by atoms with Gasteiger partial charge < -0.3 is 19.9 Å². The summed E-state index contributed by atoms with van der Waals surface area (Å²) in [4.78, 5) is 33.7. The number of nitrogens with one attached hydrogen (secondary N) is 1. The first-order valence-electron chi connectivity index (χ1n) is 6.53. The van der Waals surface area contributed by atoms with Crippen LogP contribution in [0.25, 0.3) is 0 Å². The first-order chi connectivity index (χ1) is 9.56. The molecule has 0 saturated carbocycles. The maximum atomic E-state index is 11.6. The lowest BCUT2D eigenvalue weighted by atomic mass is 9.98. The molecule has 0 aliphatic rings. The van der Waals surface area contributed by atoms with Crippen LogP contribution >= 0.6 is 0 Å². The Labute approximate surface area is 124 Å². The lowest BCUT2D eigenvalue weighted by molar-refractivity contribution is -0.140. The van der Waals surface area contributed by atoms with Crippen LogP contribution in [0.4, 0.5) is 4.79 Å². The van der Waals surface area contributed by atoms with Gasteiger partial charge in [-0.15, -0.1) is 0 Å². The number of alkyl carbamates (subject to hydrolysis) is 1. The van der Waals surface area contributed by atoms with Crippen LogP contribution in [0, 0.1) is 5.92 Å². The number of rotatable bonds is 6. The standard InChI is InChI=1S/C14H23NO6/c1-9(7-6-8-10(16)20-5)11(12(17)18)15-13(19)21-14(2,3)4/h6,8-9,11H,7H2,1-5H3,(H,15,19)(H,17,18)/b8-6+/t9?,11-/m0/s1. The molecule has 0 bridgehead atoms. The minimum atomic E-state index is -1.17. The summed E-state index contributed by atoms with van der Waals surface area (Å²) < 4.78 is 9.45. The topological polar surface area (TPSA) is 102 Å². The highest BCUT2D eigenvalue weighted by molar-refractivity contribution is 5.82. The van der Waals surface area contributed by atoms with E-state index >= 15 is 0 Å². The molecule has 0 fully saturated rings. The summed E-state index contributed by atoms with van der Waals surface area (Å²) in [5, 5.41) is 11.5. The summed E-state index contributed by atoms with van der Waals surface area (Å²) in [7, 11) is 1.25. The number of hydrogen-bond donors (Lipinski definition) is 2. The van der Waals surface area contributed by atoms with Gasteiger partial charge in [0.25, 0.3) is 0 Å². The molecule has 1 unspecified atom stereocenters. The predicted octanol–water partition coefficient (Wildman–Crippen LogP) is 1.72. The highest BCUT2D eigenvalue weighted by Gasteiger charge is 2.28. The summed E-state index contributed by atoms with van der Waals surface area (Å²) >= 11 is 0. The second-order valence-corrected chi connectivity index (χ2v) is 5.60. The zero-order chi connectivity index (χ0) is 16.6. The summed E-state index contributed by atoms with van der Waals surface area (Å²) in [5.41, 5.74) is -0.707. The highest BCUT2D eigenvalue weighted by Crippen LogP contribution is 2.12. The summed E-state index contributed by atoms with van der Waals surface area (Å²) in [6, 6.07) is -1.11. The minimum Gasteiger partial charge on any atom is -0.480 e. The van der Waals surface area contributed by atoms with Crippen LogP contribution in [0.3, 0.4) is 0 Å². The smallest absolute Gasteiger partial charge is 0.408 e. The molecular formula is C14H23NO6. The number of hydrogen-bond acceptors (Lipinski definition) is 5. The number of carbonyl (C=O) groups is 3. The molecular weight excluding hydrogens is 278 g/mol. The van der Waals surface area contributed by atoms with Crippen LogP contribution in [-0.4, -0.2) is 41.9 Å². The molecule has 0 aromatic heterocycles. The Kier molecular flexibility index (Phi) is 7.48. The van der Waals surface area contributed by atoms with Crippen molar-refractivity contribution in [2.24, 2.45) is 5.92 Å². The number of carboxylic acid groups (broad SMARTS) is 1. The number of carbonyl (C=O) groups excluding carboxylic acids is 2. The molecule has 2 N–H and O–H groups in total. The van der Waals surface area contributed by atoms with E-state index in [4.69, 9.17) is 9.84 Å². The molecule has 0 radical (unpaired) electrons. The van der Waals surface area contributed by atoms with Gasteiger partial charge in [-0.25, -0.2) is 14.4 Å². The molecule has 0 rings (SSSR count). The lowest BCUT2D eigenvalue weighted by Gasteiger charge is -2.24. The Balaban J connectivity index is 4.61. The van der Waals surface area contributed by atoms with Gasteiger partial charge in [-0.3, -0.25) is 0 Å². The number of methoxy groups -OCH3 is 1. The zero-order valence-electron chi connectivity index (χ0n) is 13.0. The fourth-order valence-corrected chi connectivity index (χ4v) is 1.46. The van der Waals surface area contributed by atoms with E-state index in [0.717, 1.165) is 0 Å². The van der Waals surface area contributed by atoms with Crippen LogP contribution in [0.15, 0.2) is 12.2 Å². The second-order valence-electron chi connectivity index (χ2n) is 5.60. The van der Waals surface area contributed by atoms with Crippen LogP contribution in [0.2, 0.25) is 0 Å². The van der Waals surface area contributed by atoms with Crippen molar-refractivity contribution in [1.29, 1.82) is 0 Å². The van der Waals surface area contributed by atoms with Crippen molar-refractivity contribution in [2.45, 2.75) is 45.8 Å². The highest BCUT2D eigenvalue weighted by atomic mass is 16.6. The molecule has 0 aromatic carbocycles. The van der Waals surface area contributed by atoms with E-state index in [9.17, 15) is 14.4 Å². The van der Waals surface area contributed by atoms with Crippen molar-refractivity contribution in [3.63, 3.8) is 0 Å². The lowest BCUT2D eigenvalue weighted by Crippen LogP contribution is -2.46. The van der Waals surface area contributed by atoms with Crippen molar-refractivity contribution >= 4 is 18.0 Å². The Bertz CT molecular complexity index is 410. The van der Waals surface area contributed by atoms with Crippen molar-refractivity contribution in [3.8, 4) is 0 Å². The Morgan fingerprint density at radius 1 is 1.29 bits per heavy atom. The third kappa shape index (κ3) is 8.67. The van der Waals surface area contributed by atoms with Gasteiger partial charge in [-0.2, -0.15) is 0 Å². The van der Waals surface area contributed by atoms with Crippen LogP contribution in [0.5, 0.6) is 0 Å². The van der Waals surface area contributed by atoms with Gasteiger partial charge >= 0.3 is 18.0 Å². The maximum Gasteiger partial charge on any atom is 0.408 e. The summed E-state index contributed by atoms with van der Waals surface area (Å²) in [5.74, 6) is -2.11. The number of allylic oxidation sites excluding steroid dienone is 1. The molecule has 0 aliphatic carbocycles. The number of esters is 1. The molecule has 7 nitrogen and oxygen atoms in total. The molecule has 0 saturated heterocycles. The van der Waals surface area contributed by atoms with E-state index in [0.29, 0.717) is 6.42 Å². The normalized spacial score (nSPS) is 14.3. The Morgan fingerprint density at radius 3 is 2.29 bits per heavy atom. The molecule has 120 valence electrons. The van der Waals surface area contributed by atoms with Crippen molar-refractivity contribution < 1.29 is 29.0 Å². The van der Waals surface area contributed by atoms with Gasteiger partial charge in [-0.05, 0) is 33.1 Å². The van der Waals surface area contributed by atoms with E-state index in [-0.39, 0.29) is 0 Å². The van der Waals surface area contributed by atoms with Crippen molar-refractivity contribution in [2.75, 3.05) is 7.11 Å². The number of ether oxygens (including phenoxy) is 2.